The topological polar surface area (TPSA) is 60.5 Å². The number of halogens is 1. The molecule has 6 heteroatoms. The number of carbonyl (C=O) groups excluding carboxylic acids is 1. The molecule has 4 aromatic rings. The predicted molar refractivity (Wildman–Crippen MR) is 115 cm³/mol. The van der Waals surface area contributed by atoms with Crippen LogP contribution in [0.4, 0.5) is 10.1 Å². The van der Waals surface area contributed by atoms with E-state index in [-0.39, 0.29) is 11.7 Å². The zero-order valence-corrected chi connectivity index (χ0v) is 16.5. The van der Waals surface area contributed by atoms with Crippen LogP contribution in [-0.2, 0) is 0 Å². The van der Waals surface area contributed by atoms with Gasteiger partial charge in [-0.3, -0.25) is 4.79 Å². The van der Waals surface area contributed by atoms with Crippen molar-refractivity contribution in [2.24, 2.45) is 0 Å². The third kappa shape index (κ3) is 3.93. The molecule has 4 rings (SSSR count). The summed E-state index contributed by atoms with van der Waals surface area (Å²) in [6, 6.07) is 20.3. The Bertz CT molecular complexity index is 1220. The van der Waals surface area contributed by atoms with E-state index in [1.165, 1.54) is 12.1 Å². The van der Waals surface area contributed by atoms with Crippen molar-refractivity contribution in [3.8, 4) is 22.8 Å². The number of aromatic nitrogens is 1. The zero-order valence-electron chi connectivity index (χ0n) is 16.5. The summed E-state index contributed by atoms with van der Waals surface area (Å²) in [4.78, 5) is 17.2. The Morgan fingerprint density at radius 1 is 0.933 bits per heavy atom. The lowest BCUT2D eigenvalue weighted by molar-refractivity contribution is 0.102. The summed E-state index contributed by atoms with van der Waals surface area (Å²) in [7, 11) is 3.13. The van der Waals surface area contributed by atoms with E-state index < -0.39 is 0 Å². The van der Waals surface area contributed by atoms with Gasteiger partial charge in [-0.15, -0.1) is 0 Å². The molecule has 0 spiro atoms. The Morgan fingerprint density at radius 2 is 1.73 bits per heavy atom. The third-order valence-corrected chi connectivity index (χ3v) is 4.72. The van der Waals surface area contributed by atoms with Gasteiger partial charge in [0.15, 0.2) is 0 Å². The van der Waals surface area contributed by atoms with Crippen molar-refractivity contribution in [1.29, 1.82) is 0 Å². The molecule has 1 aromatic heterocycles. The molecule has 0 saturated heterocycles. The summed E-state index contributed by atoms with van der Waals surface area (Å²) in [6.07, 6.45) is 0. The summed E-state index contributed by atoms with van der Waals surface area (Å²) < 4.78 is 23.9. The molecular weight excluding hydrogens is 383 g/mol. The molecule has 0 saturated carbocycles. The highest BCUT2D eigenvalue weighted by atomic mass is 19.1. The largest absolute Gasteiger partial charge is 0.497 e. The molecule has 5 nitrogen and oxygen atoms in total. The smallest absolute Gasteiger partial charge is 0.255 e. The molecule has 0 aliphatic rings. The lowest BCUT2D eigenvalue weighted by atomic mass is 10.1. The minimum absolute atomic E-state index is 0.247. The number of carbonyl (C=O) groups is 1. The fourth-order valence-corrected chi connectivity index (χ4v) is 3.18. The van der Waals surface area contributed by atoms with Crippen LogP contribution in [-0.4, -0.2) is 25.1 Å². The molecule has 0 radical (unpaired) electrons. The highest BCUT2D eigenvalue weighted by Crippen LogP contribution is 2.32. The fraction of sp³-hybridized carbons (Fsp3) is 0.0833. The van der Waals surface area contributed by atoms with E-state index in [0.717, 1.165) is 10.9 Å². The van der Waals surface area contributed by atoms with Crippen LogP contribution in [0.3, 0.4) is 0 Å². The van der Waals surface area contributed by atoms with Gasteiger partial charge >= 0.3 is 0 Å². The lowest BCUT2D eigenvalue weighted by Crippen LogP contribution is -2.11. The Morgan fingerprint density at radius 3 is 2.47 bits per heavy atom. The number of rotatable bonds is 5. The number of methoxy groups -OCH3 is 2. The van der Waals surface area contributed by atoms with Crippen molar-refractivity contribution in [3.05, 3.63) is 84.2 Å². The van der Waals surface area contributed by atoms with Crippen LogP contribution in [0, 0.1) is 5.82 Å². The van der Waals surface area contributed by atoms with Gasteiger partial charge in [-0.1, -0.05) is 6.07 Å². The molecule has 30 heavy (non-hydrogen) atoms. The van der Waals surface area contributed by atoms with Crippen LogP contribution in [0.15, 0.2) is 72.8 Å². The maximum absolute atomic E-state index is 13.2. The van der Waals surface area contributed by atoms with E-state index in [9.17, 15) is 9.18 Å². The van der Waals surface area contributed by atoms with Crippen molar-refractivity contribution < 1.29 is 18.7 Å². The number of nitrogens with zero attached hydrogens (tertiary/aromatic N) is 1. The molecular formula is C24H19FN2O3. The number of ether oxygens (including phenoxy) is 2. The summed E-state index contributed by atoms with van der Waals surface area (Å²) in [5.41, 5.74) is 3.27. The number of amides is 1. The average molecular weight is 402 g/mol. The fourth-order valence-electron chi connectivity index (χ4n) is 3.18. The van der Waals surface area contributed by atoms with Gasteiger partial charge in [0.25, 0.3) is 5.91 Å². The van der Waals surface area contributed by atoms with Crippen LogP contribution in [0.25, 0.3) is 22.2 Å². The monoisotopic (exact) mass is 402 g/mol. The second-order valence-corrected chi connectivity index (χ2v) is 6.63. The molecule has 0 fully saturated rings. The van der Waals surface area contributed by atoms with Crippen LogP contribution >= 0.6 is 0 Å². The van der Waals surface area contributed by atoms with Crippen molar-refractivity contribution in [1.82, 2.24) is 4.98 Å². The molecule has 0 unspecified atom stereocenters. The number of benzene rings is 3. The van der Waals surface area contributed by atoms with E-state index in [1.54, 1.807) is 62.8 Å². The van der Waals surface area contributed by atoms with Gasteiger partial charge in [-0.05, 0) is 60.7 Å². The number of hydrogen-bond donors (Lipinski definition) is 1. The second kappa shape index (κ2) is 8.21. The van der Waals surface area contributed by atoms with Gasteiger partial charge in [0.05, 0.1) is 25.4 Å². The molecule has 3 aromatic carbocycles. The van der Waals surface area contributed by atoms with E-state index >= 15 is 0 Å². The first-order valence-corrected chi connectivity index (χ1v) is 9.27. The summed E-state index contributed by atoms with van der Waals surface area (Å²) in [5, 5.41) is 3.64. The van der Waals surface area contributed by atoms with Gasteiger partial charge in [0.2, 0.25) is 0 Å². The van der Waals surface area contributed by atoms with E-state index in [0.29, 0.717) is 34.0 Å². The normalized spacial score (nSPS) is 10.6. The number of anilines is 1. The molecule has 1 heterocycles. The van der Waals surface area contributed by atoms with Crippen molar-refractivity contribution in [2.45, 2.75) is 0 Å². The molecule has 0 aliphatic carbocycles. The van der Waals surface area contributed by atoms with Crippen LogP contribution < -0.4 is 14.8 Å². The van der Waals surface area contributed by atoms with E-state index in [1.807, 2.05) is 12.1 Å². The molecule has 0 atom stereocenters. The SMILES string of the molecule is COc1cccc(C(=O)Nc2ccc3nc(-c4ccc(F)cc4)cc(OC)c3c2)c1. The Kier molecular flexibility index (Phi) is 5.30. The molecule has 0 aliphatic heterocycles. The summed E-state index contributed by atoms with van der Waals surface area (Å²) >= 11 is 0. The Hall–Kier alpha value is -3.93. The Labute approximate surface area is 173 Å². The average Bonchev–Trinajstić information content (AvgIpc) is 2.79. The first-order valence-electron chi connectivity index (χ1n) is 9.27. The Balaban J connectivity index is 1.67. The van der Waals surface area contributed by atoms with E-state index in [2.05, 4.69) is 10.3 Å². The highest BCUT2D eigenvalue weighted by molar-refractivity contribution is 6.05. The first kappa shape index (κ1) is 19.4. The van der Waals surface area contributed by atoms with Gasteiger partial charge in [-0.25, -0.2) is 9.37 Å². The number of nitrogens with one attached hydrogen (secondary N) is 1. The zero-order chi connectivity index (χ0) is 21.1. The predicted octanol–water partition coefficient (Wildman–Crippen LogP) is 5.31. The summed E-state index contributed by atoms with van der Waals surface area (Å²) in [6.45, 7) is 0. The van der Waals surface area contributed by atoms with Crippen LogP contribution in [0.5, 0.6) is 11.5 Å². The highest BCUT2D eigenvalue weighted by Gasteiger charge is 2.12. The van der Waals surface area contributed by atoms with Gasteiger partial charge in [0.1, 0.15) is 17.3 Å². The third-order valence-electron chi connectivity index (χ3n) is 4.72. The van der Waals surface area contributed by atoms with Gasteiger partial charge in [-0.2, -0.15) is 0 Å². The first-order chi connectivity index (χ1) is 14.6. The maximum Gasteiger partial charge on any atom is 0.255 e. The van der Waals surface area contributed by atoms with Crippen molar-refractivity contribution in [3.63, 3.8) is 0 Å². The van der Waals surface area contributed by atoms with Gasteiger partial charge < -0.3 is 14.8 Å². The number of pyridine rings is 1. The number of fused-ring (bicyclic) bond motifs is 1. The maximum atomic E-state index is 13.2. The molecule has 0 bridgehead atoms. The molecule has 150 valence electrons. The second-order valence-electron chi connectivity index (χ2n) is 6.63. The van der Waals surface area contributed by atoms with Gasteiger partial charge in [0, 0.05) is 28.3 Å². The van der Waals surface area contributed by atoms with Crippen LogP contribution in [0.2, 0.25) is 0 Å². The van der Waals surface area contributed by atoms with Crippen LogP contribution in [0.1, 0.15) is 10.4 Å². The quantitative estimate of drug-likeness (QED) is 0.491. The minimum atomic E-state index is -0.303. The van der Waals surface area contributed by atoms with Crippen molar-refractivity contribution in [2.75, 3.05) is 19.5 Å². The number of hydrogen-bond acceptors (Lipinski definition) is 4. The standard InChI is InChI=1S/C24H19FN2O3/c1-29-19-5-3-4-16(12-19)24(28)26-18-10-11-21-20(13-18)23(30-2)14-22(27-21)15-6-8-17(25)9-7-15/h3-14H,1-2H3,(H,26,28). The minimum Gasteiger partial charge on any atom is -0.497 e. The van der Waals surface area contributed by atoms with E-state index in [4.69, 9.17) is 9.47 Å². The molecule has 1 N–H and O–H groups in total. The summed E-state index contributed by atoms with van der Waals surface area (Å²) in [5.74, 6) is 0.670. The lowest BCUT2D eigenvalue weighted by Gasteiger charge is -2.11. The van der Waals surface area contributed by atoms with Crippen molar-refractivity contribution >= 4 is 22.5 Å². The molecule has 1 amide bonds.